The van der Waals surface area contributed by atoms with E-state index in [0.717, 1.165) is 19.6 Å². The summed E-state index contributed by atoms with van der Waals surface area (Å²) in [6.45, 7) is 10.4. The van der Waals surface area contributed by atoms with Gasteiger partial charge in [-0.3, -0.25) is 4.90 Å². The Balaban J connectivity index is 2.37. The minimum absolute atomic E-state index is 0.328. The van der Waals surface area contributed by atoms with Crippen LogP contribution in [-0.4, -0.2) is 62.2 Å². The third-order valence-corrected chi connectivity index (χ3v) is 2.79. The number of hydrogen-bond acceptors (Lipinski definition) is 3. The van der Waals surface area contributed by atoms with Crippen molar-refractivity contribution in [3.8, 4) is 0 Å². The molecule has 1 rings (SSSR count). The summed E-state index contributed by atoms with van der Waals surface area (Å²) in [6, 6.07) is 0. The fraction of sp³-hybridized carbons (Fsp3) is 1.00. The van der Waals surface area contributed by atoms with Gasteiger partial charge in [0, 0.05) is 38.3 Å². The highest BCUT2D eigenvalue weighted by molar-refractivity contribution is 4.88. The second kappa shape index (κ2) is 4.40. The van der Waals surface area contributed by atoms with Crippen LogP contribution in [0.25, 0.3) is 0 Å². The third kappa shape index (κ3) is 3.25. The van der Waals surface area contributed by atoms with E-state index in [1.54, 1.807) is 0 Å². The average Bonchev–Trinajstić information content (AvgIpc) is 2.01. The van der Waals surface area contributed by atoms with Gasteiger partial charge in [0.2, 0.25) is 0 Å². The Labute approximate surface area is 82.1 Å². The highest BCUT2D eigenvalue weighted by Crippen LogP contribution is 2.15. The molecule has 3 nitrogen and oxygen atoms in total. The van der Waals surface area contributed by atoms with Crippen LogP contribution in [0.15, 0.2) is 0 Å². The summed E-state index contributed by atoms with van der Waals surface area (Å²) < 4.78 is 0. The molecule has 0 aromatic carbocycles. The van der Waals surface area contributed by atoms with Gasteiger partial charge in [0.15, 0.2) is 0 Å². The van der Waals surface area contributed by atoms with Gasteiger partial charge >= 0.3 is 0 Å². The van der Waals surface area contributed by atoms with Gasteiger partial charge < -0.3 is 10.2 Å². The molecule has 3 heteroatoms. The normalized spacial score (nSPS) is 23.8. The summed E-state index contributed by atoms with van der Waals surface area (Å²) in [5.41, 5.74) is 0.328. The number of nitrogens with zero attached hydrogens (tertiary/aromatic N) is 2. The Bertz CT molecular complexity index is 154. The Morgan fingerprint density at radius 1 is 1.38 bits per heavy atom. The summed E-state index contributed by atoms with van der Waals surface area (Å²) in [4.78, 5) is 4.82. The van der Waals surface area contributed by atoms with Crippen LogP contribution in [0, 0.1) is 0 Å². The molecule has 1 aliphatic heterocycles. The second-order valence-electron chi connectivity index (χ2n) is 4.78. The standard InChI is InChI=1S/C10H23N3/c1-10(2)9-11-5-6-13(10)8-7-12(3)4/h11H,5-9H2,1-4H3. The summed E-state index contributed by atoms with van der Waals surface area (Å²) >= 11 is 0. The van der Waals surface area contributed by atoms with Crippen LogP contribution in [0.2, 0.25) is 0 Å². The fourth-order valence-electron chi connectivity index (χ4n) is 1.76. The predicted octanol–water partition coefficient (Wildman–Crippen LogP) is 0.232. The maximum Gasteiger partial charge on any atom is 0.0278 e. The van der Waals surface area contributed by atoms with Gasteiger partial charge in [-0.05, 0) is 27.9 Å². The minimum atomic E-state index is 0.328. The van der Waals surface area contributed by atoms with Crippen LogP contribution in [0.4, 0.5) is 0 Å². The first-order valence-corrected chi connectivity index (χ1v) is 5.13. The monoisotopic (exact) mass is 185 g/mol. The number of rotatable bonds is 3. The molecule has 1 N–H and O–H groups in total. The lowest BCUT2D eigenvalue weighted by molar-refractivity contribution is 0.0832. The molecule has 0 aliphatic carbocycles. The van der Waals surface area contributed by atoms with E-state index in [0.29, 0.717) is 5.54 Å². The first-order chi connectivity index (χ1) is 6.02. The molecule has 78 valence electrons. The smallest absolute Gasteiger partial charge is 0.0278 e. The molecule has 13 heavy (non-hydrogen) atoms. The zero-order valence-electron chi connectivity index (χ0n) is 9.43. The fourth-order valence-corrected chi connectivity index (χ4v) is 1.76. The molecule has 0 spiro atoms. The highest BCUT2D eigenvalue weighted by atomic mass is 15.3. The van der Waals surface area contributed by atoms with Crippen molar-refractivity contribution in [1.82, 2.24) is 15.1 Å². The molecule has 0 aromatic rings. The van der Waals surface area contributed by atoms with Crippen molar-refractivity contribution in [3.63, 3.8) is 0 Å². The SMILES string of the molecule is CN(C)CCN1CCNCC1(C)C. The minimum Gasteiger partial charge on any atom is -0.314 e. The summed E-state index contributed by atoms with van der Waals surface area (Å²) in [5.74, 6) is 0. The molecule has 0 radical (unpaired) electrons. The predicted molar refractivity (Wildman–Crippen MR) is 57.1 cm³/mol. The van der Waals surface area contributed by atoms with Gasteiger partial charge in [0.25, 0.3) is 0 Å². The van der Waals surface area contributed by atoms with Gasteiger partial charge in [-0.2, -0.15) is 0 Å². The van der Waals surface area contributed by atoms with Crippen molar-refractivity contribution in [2.75, 3.05) is 46.8 Å². The lowest BCUT2D eigenvalue weighted by Gasteiger charge is -2.43. The Morgan fingerprint density at radius 3 is 2.62 bits per heavy atom. The highest BCUT2D eigenvalue weighted by Gasteiger charge is 2.28. The molecule has 1 heterocycles. The van der Waals surface area contributed by atoms with Gasteiger partial charge in [0.1, 0.15) is 0 Å². The Hall–Kier alpha value is -0.120. The summed E-state index contributed by atoms with van der Waals surface area (Å²) in [6.07, 6.45) is 0. The number of piperazine rings is 1. The molecular weight excluding hydrogens is 162 g/mol. The number of hydrogen-bond donors (Lipinski definition) is 1. The first kappa shape index (κ1) is 11.0. The maximum atomic E-state index is 3.44. The van der Waals surface area contributed by atoms with Crippen LogP contribution in [0.1, 0.15) is 13.8 Å². The Morgan fingerprint density at radius 2 is 2.08 bits per heavy atom. The van der Waals surface area contributed by atoms with Crippen LogP contribution in [0.5, 0.6) is 0 Å². The maximum absolute atomic E-state index is 3.44. The Kier molecular flexibility index (Phi) is 3.71. The number of nitrogens with one attached hydrogen (secondary N) is 1. The van der Waals surface area contributed by atoms with E-state index in [9.17, 15) is 0 Å². The zero-order chi connectivity index (χ0) is 9.90. The van der Waals surface area contributed by atoms with E-state index < -0.39 is 0 Å². The molecule has 0 saturated carbocycles. The van der Waals surface area contributed by atoms with Crippen molar-refractivity contribution < 1.29 is 0 Å². The molecule has 0 amide bonds. The van der Waals surface area contributed by atoms with E-state index >= 15 is 0 Å². The van der Waals surface area contributed by atoms with Crippen LogP contribution >= 0.6 is 0 Å². The molecule has 0 bridgehead atoms. The summed E-state index contributed by atoms with van der Waals surface area (Å²) in [7, 11) is 4.27. The van der Waals surface area contributed by atoms with Crippen molar-refractivity contribution in [2.45, 2.75) is 19.4 Å². The van der Waals surface area contributed by atoms with Crippen molar-refractivity contribution in [2.24, 2.45) is 0 Å². The largest absolute Gasteiger partial charge is 0.314 e. The van der Waals surface area contributed by atoms with Gasteiger partial charge in [0.05, 0.1) is 0 Å². The van der Waals surface area contributed by atoms with Crippen LogP contribution in [-0.2, 0) is 0 Å². The van der Waals surface area contributed by atoms with Gasteiger partial charge in [-0.25, -0.2) is 0 Å². The van der Waals surface area contributed by atoms with Gasteiger partial charge in [-0.15, -0.1) is 0 Å². The van der Waals surface area contributed by atoms with Crippen molar-refractivity contribution in [3.05, 3.63) is 0 Å². The molecule has 1 saturated heterocycles. The first-order valence-electron chi connectivity index (χ1n) is 5.13. The van der Waals surface area contributed by atoms with Crippen LogP contribution in [0.3, 0.4) is 0 Å². The molecular formula is C10H23N3. The van der Waals surface area contributed by atoms with E-state index in [2.05, 4.69) is 43.1 Å². The quantitative estimate of drug-likeness (QED) is 0.679. The number of likely N-dealkylation sites (N-methyl/N-ethyl adjacent to an activating group) is 1. The van der Waals surface area contributed by atoms with E-state index in [4.69, 9.17) is 0 Å². The summed E-state index contributed by atoms with van der Waals surface area (Å²) in [5, 5.41) is 3.44. The molecule has 0 aromatic heterocycles. The van der Waals surface area contributed by atoms with Crippen LogP contribution < -0.4 is 5.32 Å². The lowest BCUT2D eigenvalue weighted by Crippen LogP contribution is -2.58. The molecule has 1 aliphatic rings. The average molecular weight is 185 g/mol. The molecule has 0 atom stereocenters. The van der Waals surface area contributed by atoms with Crippen molar-refractivity contribution in [1.29, 1.82) is 0 Å². The van der Waals surface area contributed by atoms with E-state index in [-0.39, 0.29) is 0 Å². The third-order valence-electron chi connectivity index (χ3n) is 2.79. The van der Waals surface area contributed by atoms with E-state index in [1.807, 2.05) is 0 Å². The topological polar surface area (TPSA) is 18.5 Å². The molecule has 1 fully saturated rings. The molecule has 0 unspecified atom stereocenters. The zero-order valence-corrected chi connectivity index (χ0v) is 9.43. The van der Waals surface area contributed by atoms with E-state index in [1.165, 1.54) is 13.1 Å². The van der Waals surface area contributed by atoms with Crippen molar-refractivity contribution >= 4 is 0 Å². The lowest BCUT2D eigenvalue weighted by atomic mass is 10.0. The van der Waals surface area contributed by atoms with Gasteiger partial charge in [-0.1, -0.05) is 0 Å². The second-order valence-corrected chi connectivity index (χ2v) is 4.78.